The normalized spacial score (nSPS) is 24.8. The maximum atomic E-state index is 13.6. The van der Waals surface area contributed by atoms with E-state index < -0.39 is 5.60 Å². The Labute approximate surface area is 126 Å². The van der Waals surface area contributed by atoms with Crippen LogP contribution in [0.1, 0.15) is 52.6 Å². The van der Waals surface area contributed by atoms with Gasteiger partial charge in [0.15, 0.2) is 0 Å². The van der Waals surface area contributed by atoms with E-state index in [1.807, 2.05) is 27.8 Å². The quantitative estimate of drug-likeness (QED) is 0.915. The largest absolute Gasteiger partial charge is 0.487 e. The van der Waals surface area contributed by atoms with Crippen molar-refractivity contribution in [1.82, 2.24) is 5.32 Å². The van der Waals surface area contributed by atoms with Crippen LogP contribution in [0.5, 0.6) is 5.75 Å². The zero-order chi connectivity index (χ0) is 15.8. The van der Waals surface area contributed by atoms with Gasteiger partial charge in [0.2, 0.25) is 0 Å². The maximum absolute atomic E-state index is 13.6. The number of rotatable bonds is 4. The van der Waals surface area contributed by atoms with Crippen LogP contribution in [0.2, 0.25) is 0 Å². The van der Waals surface area contributed by atoms with Crippen molar-refractivity contribution in [2.75, 3.05) is 7.05 Å². The van der Waals surface area contributed by atoms with Gasteiger partial charge in [0.1, 0.15) is 23.3 Å². The Morgan fingerprint density at radius 3 is 2.52 bits per heavy atom. The molecule has 0 spiro atoms. The molecule has 0 saturated carbocycles. The number of halogens is 1. The molecule has 1 aromatic carbocycles. The lowest BCUT2D eigenvalue weighted by Crippen LogP contribution is -2.37. The lowest BCUT2D eigenvalue weighted by atomic mass is 9.97. The summed E-state index contributed by atoms with van der Waals surface area (Å²) in [7, 11) is 1.88. The van der Waals surface area contributed by atoms with Gasteiger partial charge in [-0.1, -0.05) is 6.07 Å². The van der Waals surface area contributed by atoms with Crippen LogP contribution in [-0.4, -0.2) is 24.4 Å². The highest BCUT2D eigenvalue weighted by atomic mass is 19.1. The van der Waals surface area contributed by atoms with E-state index in [9.17, 15) is 4.39 Å². The van der Waals surface area contributed by atoms with E-state index in [0.717, 1.165) is 12.0 Å². The number of nitrogens with one attached hydrogen (secondary N) is 1. The van der Waals surface area contributed by atoms with Gasteiger partial charge in [-0.3, -0.25) is 0 Å². The fourth-order valence-corrected chi connectivity index (χ4v) is 2.97. The lowest BCUT2D eigenvalue weighted by molar-refractivity contribution is -0.0847. The highest BCUT2D eigenvalue weighted by Crippen LogP contribution is 2.40. The van der Waals surface area contributed by atoms with Crippen LogP contribution in [-0.2, 0) is 4.74 Å². The van der Waals surface area contributed by atoms with Crippen LogP contribution in [0.3, 0.4) is 0 Å². The molecule has 0 amide bonds. The molecule has 0 bridgehead atoms. The summed E-state index contributed by atoms with van der Waals surface area (Å²) >= 11 is 0. The Hall–Kier alpha value is -1.13. The molecule has 2 atom stereocenters. The second kappa shape index (κ2) is 5.58. The molecular formula is C17H26FNO2. The van der Waals surface area contributed by atoms with E-state index in [0.29, 0.717) is 5.75 Å². The first-order chi connectivity index (χ1) is 9.64. The topological polar surface area (TPSA) is 30.5 Å². The molecule has 118 valence electrons. The summed E-state index contributed by atoms with van der Waals surface area (Å²) in [5.74, 6) is 0.309. The molecule has 4 heteroatoms. The van der Waals surface area contributed by atoms with Gasteiger partial charge in [0.25, 0.3) is 0 Å². The second-order valence-electron chi connectivity index (χ2n) is 6.97. The molecule has 0 aliphatic carbocycles. The summed E-state index contributed by atoms with van der Waals surface area (Å²) < 4.78 is 25.8. The number of hydrogen-bond acceptors (Lipinski definition) is 3. The van der Waals surface area contributed by atoms with Gasteiger partial charge >= 0.3 is 0 Å². The first-order valence-electron chi connectivity index (χ1n) is 7.48. The molecule has 1 fully saturated rings. The number of ether oxygens (including phenoxy) is 2. The Morgan fingerprint density at radius 2 is 2.00 bits per heavy atom. The smallest absolute Gasteiger partial charge is 0.130 e. The summed E-state index contributed by atoms with van der Waals surface area (Å²) in [6.07, 6.45) is 0.682. The van der Waals surface area contributed by atoms with Crippen molar-refractivity contribution in [3.63, 3.8) is 0 Å². The highest BCUT2D eigenvalue weighted by Gasteiger charge is 2.47. The molecule has 1 aromatic rings. The molecule has 0 radical (unpaired) electrons. The third kappa shape index (κ3) is 3.55. The van der Waals surface area contributed by atoms with Gasteiger partial charge < -0.3 is 14.8 Å². The van der Waals surface area contributed by atoms with Crippen molar-refractivity contribution in [3.8, 4) is 5.75 Å². The van der Waals surface area contributed by atoms with Crippen molar-refractivity contribution >= 4 is 0 Å². The van der Waals surface area contributed by atoms with Crippen LogP contribution in [0.4, 0.5) is 4.39 Å². The van der Waals surface area contributed by atoms with E-state index in [1.54, 1.807) is 6.07 Å². The SMILES string of the molecule is CNC(C)c1ccc(F)cc1OC1CC(C)(C)OC1(C)C. The standard InChI is InChI=1S/C17H26FNO2/c1-11(19-6)13-8-7-12(18)9-14(13)20-15-10-16(2,3)21-17(15,4)5/h7-9,11,15,19H,10H2,1-6H3. The van der Waals surface area contributed by atoms with Crippen LogP contribution >= 0.6 is 0 Å². The van der Waals surface area contributed by atoms with Crippen LogP contribution in [0.25, 0.3) is 0 Å². The molecule has 21 heavy (non-hydrogen) atoms. The third-order valence-electron chi connectivity index (χ3n) is 4.14. The summed E-state index contributed by atoms with van der Waals surface area (Å²) in [5, 5.41) is 3.17. The Bertz CT molecular complexity index is 514. The van der Waals surface area contributed by atoms with Crippen molar-refractivity contribution in [2.24, 2.45) is 0 Å². The maximum Gasteiger partial charge on any atom is 0.130 e. The molecule has 1 aliphatic heterocycles. The zero-order valence-corrected chi connectivity index (χ0v) is 13.8. The van der Waals surface area contributed by atoms with Crippen molar-refractivity contribution in [2.45, 2.75) is 64.4 Å². The van der Waals surface area contributed by atoms with Crippen molar-refractivity contribution < 1.29 is 13.9 Å². The predicted octanol–water partition coefficient (Wildman–Crippen LogP) is 3.83. The van der Waals surface area contributed by atoms with Crippen LogP contribution in [0, 0.1) is 5.82 Å². The minimum Gasteiger partial charge on any atom is -0.487 e. The van der Waals surface area contributed by atoms with Crippen molar-refractivity contribution in [3.05, 3.63) is 29.6 Å². The minimum atomic E-state index is -0.393. The van der Waals surface area contributed by atoms with E-state index in [-0.39, 0.29) is 23.6 Å². The van der Waals surface area contributed by atoms with Crippen LogP contribution < -0.4 is 10.1 Å². The molecule has 3 nitrogen and oxygen atoms in total. The number of benzene rings is 1. The number of hydrogen-bond donors (Lipinski definition) is 1. The Balaban J connectivity index is 2.29. The second-order valence-corrected chi connectivity index (χ2v) is 6.97. The lowest BCUT2D eigenvalue weighted by Gasteiger charge is -2.28. The fourth-order valence-electron chi connectivity index (χ4n) is 2.97. The zero-order valence-electron chi connectivity index (χ0n) is 13.8. The average Bonchev–Trinajstić information content (AvgIpc) is 2.56. The third-order valence-corrected chi connectivity index (χ3v) is 4.14. The fraction of sp³-hybridized carbons (Fsp3) is 0.647. The molecule has 1 heterocycles. The molecule has 2 rings (SSSR count). The Kier molecular flexibility index (Phi) is 4.31. The summed E-state index contributed by atoms with van der Waals surface area (Å²) in [6, 6.07) is 4.81. The van der Waals surface area contributed by atoms with Gasteiger partial charge in [-0.2, -0.15) is 0 Å². The molecule has 1 N–H and O–H groups in total. The van der Waals surface area contributed by atoms with Gasteiger partial charge in [-0.25, -0.2) is 4.39 Å². The summed E-state index contributed by atoms with van der Waals surface area (Å²) in [6.45, 7) is 10.2. The van der Waals surface area contributed by atoms with E-state index in [2.05, 4.69) is 19.2 Å². The van der Waals surface area contributed by atoms with Gasteiger partial charge in [-0.15, -0.1) is 0 Å². The van der Waals surface area contributed by atoms with Gasteiger partial charge in [0.05, 0.1) is 5.60 Å². The molecular weight excluding hydrogens is 269 g/mol. The monoisotopic (exact) mass is 295 g/mol. The average molecular weight is 295 g/mol. The van der Waals surface area contributed by atoms with Crippen LogP contribution in [0.15, 0.2) is 18.2 Å². The Morgan fingerprint density at radius 1 is 1.33 bits per heavy atom. The minimum absolute atomic E-state index is 0.0963. The molecule has 1 saturated heterocycles. The van der Waals surface area contributed by atoms with E-state index in [1.165, 1.54) is 12.1 Å². The molecule has 1 aliphatic rings. The summed E-state index contributed by atoms with van der Waals surface area (Å²) in [4.78, 5) is 0. The van der Waals surface area contributed by atoms with Gasteiger partial charge in [-0.05, 0) is 47.7 Å². The van der Waals surface area contributed by atoms with Gasteiger partial charge in [0, 0.05) is 24.1 Å². The molecule has 0 aromatic heterocycles. The summed E-state index contributed by atoms with van der Waals surface area (Å²) in [5.41, 5.74) is 0.339. The highest BCUT2D eigenvalue weighted by molar-refractivity contribution is 5.36. The molecule has 2 unspecified atom stereocenters. The first kappa shape index (κ1) is 16.2. The first-order valence-corrected chi connectivity index (χ1v) is 7.48. The predicted molar refractivity (Wildman–Crippen MR) is 82.2 cm³/mol. The van der Waals surface area contributed by atoms with Crippen molar-refractivity contribution in [1.29, 1.82) is 0 Å². The van der Waals surface area contributed by atoms with E-state index in [4.69, 9.17) is 9.47 Å². The van der Waals surface area contributed by atoms with E-state index >= 15 is 0 Å².